The van der Waals surface area contributed by atoms with Crippen LogP contribution in [-0.2, 0) is 9.59 Å². The molecule has 0 aromatic heterocycles. The van der Waals surface area contributed by atoms with Crippen LogP contribution in [0.5, 0.6) is 0 Å². The monoisotopic (exact) mass is 210 g/mol. The van der Waals surface area contributed by atoms with Crippen LogP contribution in [0.15, 0.2) is 0 Å². The largest absolute Gasteiger partial charge is 0.342 e. The van der Waals surface area contributed by atoms with Gasteiger partial charge in [0.2, 0.25) is 11.8 Å². The van der Waals surface area contributed by atoms with Crippen LogP contribution in [0.3, 0.4) is 0 Å². The zero-order valence-electron chi connectivity index (χ0n) is 9.32. The summed E-state index contributed by atoms with van der Waals surface area (Å²) in [6.45, 7) is 4.81. The Morgan fingerprint density at radius 3 is 2.93 bits per heavy atom. The number of hydrogen-bond donors (Lipinski definition) is 1. The van der Waals surface area contributed by atoms with Crippen LogP contribution in [0.2, 0.25) is 0 Å². The molecular formula is C11H18N2O2. The van der Waals surface area contributed by atoms with E-state index in [-0.39, 0.29) is 29.8 Å². The minimum absolute atomic E-state index is 0.0393. The number of piperazine rings is 1. The molecule has 0 radical (unpaired) electrons. The number of amides is 2. The highest BCUT2D eigenvalue weighted by atomic mass is 16.2. The van der Waals surface area contributed by atoms with Crippen molar-refractivity contribution < 1.29 is 9.59 Å². The minimum Gasteiger partial charge on any atom is -0.342 e. The quantitative estimate of drug-likeness (QED) is 0.722. The van der Waals surface area contributed by atoms with Crippen molar-refractivity contribution >= 4 is 11.8 Å². The molecule has 2 rings (SSSR count). The smallest absolute Gasteiger partial charge is 0.246 e. The summed E-state index contributed by atoms with van der Waals surface area (Å²) >= 11 is 0. The van der Waals surface area contributed by atoms with Crippen LogP contribution in [0.1, 0.15) is 33.1 Å². The first kappa shape index (κ1) is 10.5. The molecule has 84 valence electrons. The average molecular weight is 210 g/mol. The molecule has 1 N–H and O–H groups in total. The molecule has 0 unspecified atom stereocenters. The Kier molecular flexibility index (Phi) is 2.67. The van der Waals surface area contributed by atoms with Gasteiger partial charge in [0.25, 0.3) is 0 Å². The predicted molar refractivity (Wildman–Crippen MR) is 56.1 cm³/mol. The summed E-state index contributed by atoms with van der Waals surface area (Å²) in [5, 5.41) is 2.86. The van der Waals surface area contributed by atoms with E-state index in [1.807, 2.05) is 13.8 Å². The number of rotatable bonds is 2. The second-order valence-corrected chi connectivity index (χ2v) is 4.56. The van der Waals surface area contributed by atoms with Crippen LogP contribution < -0.4 is 5.32 Å². The maximum Gasteiger partial charge on any atom is 0.246 e. The van der Waals surface area contributed by atoms with Crippen molar-refractivity contribution in [2.45, 2.75) is 45.2 Å². The standard InChI is InChI=1S/C11H18N2O2/c1-3-7(2)9-11(15)13-6-4-5-8(13)10(14)12-9/h7-9H,3-6H2,1-2H3,(H,12,14)/t7-,8+,9-/m1/s1. The van der Waals surface area contributed by atoms with E-state index in [9.17, 15) is 9.59 Å². The van der Waals surface area contributed by atoms with Crippen LogP contribution in [0.4, 0.5) is 0 Å². The fourth-order valence-corrected chi connectivity index (χ4v) is 2.41. The molecule has 0 saturated carbocycles. The Labute approximate surface area is 90.0 Å². The van der Waals surface area contributed by atoms with Crippen molar-refractivity contribution in [1.82, 2.24) is 10.2 Å². The van der Waals surface area contributed by atoms with Gasteiger partial charge in [0.05, 0.1) is 0 Å². The highest BCUT2D eigenvalue weighted by Crippen LogP contribution is 2.24. The lowest BCUT2D eigenvalue weighted by Crippen LogP contribution is -2.62. The number of nitrogens with one attached hydrogen (secondary N) is 1. The molecule has 2 saturated heterocycles. The summed E-state index contributed by atoms with van der Waals surface area (Å²) in [6, 6.07) is -0.477. The molecule has 4 heteroatoms. The first-order valence-electron chi connectivity index (χ1n) is 5.76. The topological polar surface area (TPSA) is 49.4 Å². The zero-order chi connectivity index (χ0) is 11.0. The van der Waals surface area contributed by atoms with Gasteiger partial charge in [0.1, 0.15) is 12.1 Å². The normalized spacial score (nSPS) is 32.5. The molecule has 4 nitrogen and oxygen atoms in total. The van der Waals surface area contributed by atoms with E-state index in [0.717, 1.165) is 25.8 Å². The van der Waals surface area contributed by atoms with Gasteiger partial charge in [-0.25, -0.2) is 0 Å². The molecule has 0 spiro atoms. The van der Waals surface area contributed by atoms with E-state index in [4.69, 9.17) is 0 Å². The van der Waals surface area contributed by atoms with Gasteiger partial charge in [-0.3, -0.25) is 9.59 Å². The van der Waals surface area contributed by atoms with Crippen molar-refractivity contribution in [3.8, 4) is 0 Å². The first-order chi connectivity index (χ1) is 7.15. The summed E-state index contributed by atoms with van der Waals surface area (Å²) in [4.78, 5) is 25.6. The Morgan fingerprint density at radius 1 is 1.53 bits per heavy atom. The van der Waals surface area contributed by atoms with Gasteiger partial charge in [-0.15, -0.1) is 0 Å². The third-order valence-electron chi connectivity index (χ3n) is 3.62. The Bertz CT molecular complexity index is 290. The van der Waals surface area contributed by atoms with Gasteiger partial charge in [-0.05, 0) is 18.8 Å². The SMILES string of the molecule is CC[C@@H](C)[C@H]1NC(=O)[C@@H]2CCCN2C1=O. The van der Waals surface area contributed by atoms with Gasteiger partial charge in [0.15, 0.2) is 0 Å². The molecule has 0 bridgehead atoms. The molecule has 2 amide bonds. The van der Waals surface area contributed by atoms with E-state index in [2.05, 4.69) is 5.32 Å². The van der Waals surface area contributed by atoms with Crippen molar-refractivity contribution in [3.63, 3.8) is 0 Å². The lowest BCUT2D eigenvalue weighted by Gasteiger charge is -2.36. The number of carbonyl (C=O) groups excluding carboxylic acids is 2. The van der Waals surface area contributed by atoms with Crippen LogP contribution in [0, 0.1) is 5.92 Å². The van der Waals surface area contributed by atoms with Crippen molar-refractivity contribution in [2.24, 2.45) is 5.92 Å². The second-order valence-electron chi connectivity index (χ2n) is 4.56. The van der Waals surface area contributed by atoms with E-state index in [1.54, 1.807) is 4.90 Å². The van der Waals surface area contributed by atoms with Crippen molar-refractivity contribution in [1.29, 1.82) is 0 Å². The maximum atomic E-state index is 12.1. The summed E-state index contributed by atoms with van der Waals surface area (Å²) in [5.41, 5.74) is 0. The minimum atomic E-state index is -0.295. The molecule has 2 aliphatic heterocycles. The van der Waals surface area contributed by atoms with Gasteiger partial charge in [-0.2, -0.15) is 0 Å². The fourth-order valence-electron chi connectivity index (χ4n) is 2.41. The van der Waals surface area contributed by atoms with Gasteiger partial charge in [0, 0.05) is 6.54 Å². The first-order valence-corrected chi connectivity index (χ1v) is 5.76. The summed E-state index contributed by atoms with van der Waals surface area (Å²) in [7, 11) is 0. The third-order valence-corrected chi connectivity index (χ3v) is 3.62. The summed E-state index contributed by atoms with van der Waals surface area (Å²) in [5.74, 6) is 0.381. The zero-order valence-corrected chi connectivity index (χ0v) is 9.32. The van der Waals surface area contributed by atoms with E-state index in [1.165, 1.54) is 0 Å². The van der Waals surface area contributed by atoms with Crippen molar-refractivity contribution in [3.05, 3.63) is 0 Å². The number of carbonyl (C=O) groups is 2. The predicted octanol–water partition coefficient (Wildman–Crippen LogP) is 0.522. The Balaban J connectivity index is 2.17. The molecule has 0 aromatic rings. The molecule has 2 heterocycles. The third kappa shape index (κ3) is 1.62. The van der Waals surface area contributed by atoms with Gasteiger partial charge in [-0.1, -0.05) is 20.3 Å². The summed E-state index contributed by atoms with van der Waals surface area (Å²) < 4.78 is 0. The highest BCUT2D eigenvalue weighted by molar-refractivity contribution is 5.97. The molecule has 2 aliphatic rings. The summed E-state index contributed by atoms with van der Waals surface area (Å²) in [6.07, 6.45) is 2.69. The van der Waals surface area contributed by atoms with Gasteiger partial charge < -0.3 is 10.2 Å². The van der Waals surface area contributed by atoms with Crippen LogP contribution in [0.25, 0.3) is 0 Å². The average Bonchev–Trinajstić information content (AvgIpc) is 2.71. The van der Waals surface area contributed by atoms with Crippen LogP contribution >= 0.6 is 0 Å². The Morgan fingerprint density at radius 2 is 2.27 bits per heavy atom. The Hall–Kier alpha value is -1.06. The van der Waals surface area contributed by atoms with Crippen LogP contribution in [-0.4, -0.2) is 35.3 Å². The lowest BCUT2D eigenvalue weighted by atomic mass is 9.95. The van der Waals surface area contributed by atoms with E-state index in [0.29, 0.717) is 0 Å². The fraction of sp³-hybridized carbons (Fsp3) is 0.818. The second kappa shape index (κ2) is 3.83. The molecular weight excluding hydrogens is 192 g/mol. The molecule has 0 aliphatic carbocycles. The number of fused-ring (bicyclic) bond motifs is 1. The van der Waals surface area contributed by atoms with E-state index >= 15 is 0 Å². The molecule has 2 fully saturated rings. The molecule has 15 heavy (non-hydrogen) atoms. The van der Waals surface area contributed by atoms with Crippen molar-refractivity contribution in [2.75, 3.05) is 6.54 Å². The highest BCUT2D eigenvalue weighted by Gasteiger charge is 2.44. The molecule has 0 aromatic carbocycles. The lowest BCUT2D eigenvalue weighted by molar-refractivity contribution is -0.148. The maximum absolute atomic E-state index is 12.1. The number of nitrogens with zero attached hydrogens (tertiary/aromatic N) is 1. The van der Waals surface area contributed by atoms with Gasteiger partial charge >= 0.3 is 0 Å². The molecule has 3 atom stereocenters. The number of hydrogen-bond acceptors (Lipinski definition) is 2. The van der Waals surface area contributed by atoms with E-state index < -0.39 is 0 Å².